The number of nitrogens with zero attached hydrogens (tertiary/aromatic N) is 1. The Labute approximate surface area is 143 Å². The number of fused-ring (bicyclic) bond motifs is 1. The molecule has 130 valence electrons. The number of aromatic nitrogens is 1. The van der Waals surface area contributed by atoms with Gasteiger partial charge in [0.1, 0.15) is 17.2 Å². The summed E-state index contributed by atoms with van der Waals surface area (Å²) < 4.78 is 33.0. The van der Waals surface area contributed by atoms with Gasteiger partial charge in [0, 0.05) is 17.5 Å². The molecule has 1 aliphatic rings. The van der Waals surface area contributed by atoms with E-state index in [2.05, 4.69) is 22.0 Å². The average molecular weight is 348 g/mol. The highest BCUT2D eigenvalue weighted by atomic mass is 32.2. The molecule has 6 heteroatoms. The molecule has 1 aromatic carbocycles. The molecule has 24 heavy (non-hydrogen) atoms. The number of hydrogen-bond donors (Lipinski definition) is 1. The Hall–Kier alpha value is -1.66. The van der Waals surface area contributed by atoms with E-state index >= 15 is 0 Å². The minimum Gasteiger partial charge on any atom is -0.361 e. The Balaban J connectivity index is 1.66. The minimum absolute atomic E-state index is 0.0566. The lowest BCUT2D eigenvalue weighted by Crippen LogP contribution is -2.39. The van der Waals surface area contributed by atoms with Crippen LogP contribution >= 0.6 is 0 Å². The highest BCUT2D eigenvalue weighted by molar-refractivity contribution is 7.88. The first-order chi connectivity index (χ1) is 11.2. The van der Waals surface area contributed by atoms with E-state index in [0.29, 0.717) is 11.5 Å². The number of hydrogen-bond acceptors (Lipinski definition) is 4. The predicted molar refractivity (Wildman–Crippen MR) is 93.2 cm³/mol. The second-order valence-electron chi connectivity index (χ2n) is 7.52. The number of nitrogens with one attached hydrogen (secondary N) is 1. The smallest absolute Gasteiger partial charge is 0.217 e. The summed E-state index contributed by atoms with van der Waals surface area (Å²) in [6.07, 6.45) is 2.46. The molecule has 1 aliphatic carbocycles. The molecule has 1 aromatic heterocycles. The summed E-state index contributed by atoms with van der Waals surface area (Å²) in [4.78, 5) is 0. The highest BCUT2D eigenvalue weighted by Gasteiger charge is 2.25. The SMILES string of the molecule is CC(C)(C)c1cc(CS(=O)(=O)NC2CCc3ccccc3C2)no1. The Morgan fingerprint density at radius 2 is 1.96 bits per heavy atom. The summed E-state index contributed by atoms with van der Waals surface area (Å²) in [6, 6.07) is 9.89. The molecule has 1 N–H and O–H groups in total. The lowest BCUT2D eigenvalue weighted by atomic mass is 9.89. The summed E-state index contributed by atoms with van der Waals surface area (Å²) in [7, 11) is -3.44. The van der Waals surface area contributed by atoms with Gasteiger partial charge in [0.25, 0.3) is 0 Å². The van der Waals surface area contributed by atoms with Crippen molar-refractivity contribution in [2.24, 2.45) is 0 Å². The van der Waals surface area contributed by atoms with Gasteiger partial charge >= 0.3 is 0 Å². The van der Waals surface area contributed by atoms with Crippen molar-refractivity contribution >= 4 is 10.0 Å². The van der Waals surface area contributed by atoms with Gasteiger partial charge in [-0.1, -0.05) is 50.2 Å². The maximum absolute atomic E-state index is 12.4. The summed E-state index contributed by atoms with van der Waals surface area (Å²) in [5, 5.41) is 3.90. The first-order valence-corrected chi connectivity index (χ1v) is 9.91. The van der Waals surface area contributed by atoms with Crippen molar-refractivity contribution in [2.45, 2.75) is 57.2 Å². The number of rotatable bonds is 4. The molecule has 1 atom stereocenters. The number of benzene rings is 1. The quantitative estimate of drug-likeness (QED) is 0.922. The lowest BCUT2D eigenvalue weighted by Gasteiger charge is -2.25. The molecule has 0 fully saturated rings. The van der Waals surface area contributed by atoms with Crippen LogP contribution in [-0.4, -0.2) is 19.6 Å². The number of sulfonamides is 1. The third kappa shape index (κ3) is 4.05. The van der Waals surface area contributed by atoms with Gasteiger partial charge < -0.3 is 4.52 Å². The van der Waals surface area contributed by atoms with Gasteiger partial charge in [0.15, 0.2) is 0 Å². The van der Waals surface area contributed by atoms with Crippen molar-refractivity contribution in [1.82, 2.24) is 9.88 Å². The van der Waals surface area contributed by atoms with E-state index in [4.69, 9.17) is 4.52 Å². The molecule has 0 spiro atoms. The summed E-state index contributed by atoms with van der Waals surface area (Å²) >= 11 is 0. The van der Waals surface area contributed by atoms with E-state index in [1.807, 2.05) is 32.9 Å². The van der Waals surface area contributed by atoms with Gasteiger partial charge in [-0.15, -0.1) is 0 Å². The first-order valence-electron chi connectivity index (χ1n) is 8.26. The van der Waals surface area contributed by atoms with Gasteiger partial charge in [-0.2, -0.15) is 0 Å². The highest BCUT2D eigenvalue weighted by Crippen LogP contribution is 2.24. The van der Waals surface area contributed by atoms with E-state index < -0.39 is 10.0 Å². The van der Waals surface area contributed by atoms with Gasteiger partial charge in [-0.3, -0.25) is 0 Å². The standard InChI is InChI=1S/C18H24N2O3S/c1-18(2,3)17-11-16(19-23-17)12-24(21,22)20-15-9-8-13-6-4-5-7-14(13)10-15/h4-7,11,15,20H,8-10,12H2,1-3H3. The molecule has 5 nitrogen and oxygen atoms in total. The molecular formula is C18H24N2O3S. The van der Waals surface area contributed by atoms with Crippen LogP contribution < -0.4 is 4.72 Å². The monoisotopic (exact) mass is 348 g/mol. The van der Waals surface area contributed by atoms with Crippen molar-refractivity contribution in [3.05, 3.63) is 52.9 Å². The summed E-state index contributed by atoms with van der Waals surface area (Å²) in [6.45, 7) is 6.01. The molecular weight excluding hydrogens is 324 g/mol. The summed E-state index contributed by atoms with van der Waals surface area (Å²) in [5.74, 6) is 0.546. The Morgan fingerprint density at radius 1 is 1.25 bits per heavy atom. The molecule has 0 saturated heterocycles. The van der Waals surface area contributed by atoms with Crippen LogP contribution in [-0.2, 0) is 34.0 Å². The predicted octanol–water partition coefficient (Wildman–Crippen LogP) is 2.95. The molecule has 0 bridgehead atoms. The summed E-state index contributed by atoms with van der Waals surface area (Å²) in [5.41, 5.74) is 2.81. The molecule has 0 saturated carbocycles. The zero-order valence-corrected chi connectivity index (χ0v) is 15.2. The third-order valence-electron chi connectivity index (χ3n) is 4.33. The van der Waals surface area contributed by atoms with E-state index in [-0.39, 0.29) is 17.2 Å². The fourth-order valence-corrected chi connectivity index (χ4v) is 4.34. The van der Waals surface area contributed by atoms with E-state index in [9.17, 15) is 8.42 Å². The normalized spacial score (nSPS) is 18.4. The fourth-order valence-electron chi connectivity index (χ4n) is 3.02. The molecule has 0 amide bonds. The van der Waals surface area contributed by atoms with Crippen molar-refractivity contribution in [1.29, 1.82) is 0 Å². The van der Waals surface area contributed by atoms with Crippen molar-refractivity contribution in [3.63, 3.8) is 0 Å². The maximum Gasteiger partial charge on any atom is 0.217 e. The van der Waals surface area contributed by atoms with Gasteiger partial charge in [0.05, 0.1) is 0 Å². The van der Waals surface area contributed by atoms with Crippen molar-refractivity contribution in [3.8, 4) is 0 Å². The largest absolute Gasteiger partial charge is 0.361 e. The second-order valence-corrected chi connectivity index (χ2v) is 9.27. The van der Waals surface area contributed by atoms with Crippen LogP contribution in [0.1, 0.15) is 49.8 Å². The zero-order valence-electron chi connectivity index (χ0n) is 14.4. The second kappa shape index (κ2) is 6.33. The third-order valence-corrected chi connectivity index (χ3v) is 5.70. The topological polar surface area (TPSA) is 72.2 Å². The van der Waals surface area contributed by atoms with Gasteiger partial charge in [0.2, 0.25) is 10.0 Å². The molecule has 1 heterocycles. The van der Waals surface area contributed by atoms with Crippen LogP contribution in [0.4, 0.5) is 0 Å². The van der Waals surface area contributed by atoms with Crippen LogP contribution in [0, 0.1) is 0 Å². The fraction of sp³-hybridized carbons (Fsp3) is 0.500. The van der Waals surface area contributed by atoms with E-state index in [1.54, 1.807) is 6.07 Å². The van der Waals surface area contributed by atoms with Crippen molar-refractivity contribution in [2.75, 3.05) is 0 Å². The average Bonchev–Trinajstić information content (AvgIpc) is 2.94. The maximum atomic E-state index is 12.4. The first kappa shape index (κ1) is 17.2. The minimum atomic E-state index is -3.44. The lowest BCUT2D eigenvalue weighted by molar-refractivity contribution is 0.326. The molecule has 1 unspecified atom stereocenters. The van der Waals surface area contributed by atoms with Crippen LogP contribution in [0.2, 0.25) is 0 Å². The zero-order chi connectivity index (χ0) is 17.4. The molecule has 0 aliphatic heterocycles. The van der Waals surface area contributed by atoms with Gasteiger partial charge in [-0.25, -0.2) is 13.1 Å². The number of aryl methyl sites for hydroxylation is 1. The van der Waals surface area contributed by atoms with Crippen LogP contribution in [0.25, 0.3) is 0 Å². The Morgan fingerprint density at radius 3 is 2.62 bits per heavy atom. The van der Waals surface area contributed by atoms with E-state index in [1.165, 1.54) is 11.1 Å². The Kier molecular flexibility index (Phi) is 4.53. The van der Waals surface area contributed by atoms with Crippen LogP contribution in [0.3, 0.4) is 0 Å². The molecule has 3 rings (SSSR count). The molecule has 2 aromatic rings. The van der Waals surface area contributed by atoms with Crippen LogP contribution in [0.5, 0.6) is 0 Å². The van der Waals surface area contributed by atoms with E-state index in [0.717, 1.165) is 19.3 Å². The van der Waals surface area contributed by atoms with Crippen molar-refractivity contribution < 1.29 is 12.9 Å². The molecule has 0 radical (unpaired) electrons. The van der Waals surface area contributed by atoms with Gasteiger partial charge in [-0.05, 0) is 30.4 Å². The van der Waals surface area contributed by atoms with Crippen LogP contribution in [0.15, 0.2) is 34.9 Å². The Bertz CT molecular complexity index is 819.